The van der Waals surface area contributed by atoms with E-state index in [1.165, 1.54) is 6.92 Å². The predicted molar refractivity (Wildman–Crippen MR) is 71.7 cm³/mol. The highest BCUT2D eigenvalue weighted by Gasteiger charge is 2.15. The fraction of sp³-hybridized carbons (Fsp3) is 0.400. The van der Waals surface area contributed by atoms with Gasteiger partial charge >= 0.3 is 11.9 Å². The molecule has 0 aromatic heterocycles. The van der Waals surface area contributed by atoms with Crippen LogP contribution in [0.25, 0.3) is 0 Å². The van der Waals surface area contributed by atoms with Crippen molar-refractivity contribution in [3.63, 3.8) is 0 Å². The molecule has 1 aromatic rings. The molecule has 108 valence electrons. The molecule has 0 heterocycles. The maximum Gasteiger partial charge on any atom is 0.313 e. The highest BCUT2D eigenvalue weighted by Crippen LogP contribution is 2.05. The number of ketones is 1. The lowest BCUT2D eigenvalue weighted by molar-refractivity contribution is -0.155. The highest BCUT2D eigenvalue weighted by molar-refractivity contribution is 5.94. The number of carbonyl (C=O) groups is 3. The molecule has 5 nitrogen and oxygen atoms in total. The van der Waals surface area contributed by atoms with Crippen LogP contribution >= 0.6 is 0 Å². The smallest absolute Gasteiger partial charge is 0.313 e. The molecular weight excluding hydrogens is 260 g/mol. The molecular formula is C15H18O5. The van der Waals surface area contributed by atoms with Gasteiger partial charge in [0.1, 0.15) is 24.9 Å². The van der Waals surface area contributed by atoms with Crippen LogP contribution in [0.5, 0.6) is 0 Å². The van der Waals surface area contributed by atoms with Crippen LogP contribution in [0.4, 0.5) is 0 Å². The van der Waals surface area contributed by atoms with Crippen molar-refractivity contribution in [1.29, 1.82) is 0 Å². The molecule has 1 aromatic carbocycles. The average Bonchev–Trinajstić information content (AvgIpc) is 2.36. The molecule has 20 heavy (non-hydrogen) atoms. The number of benzene rings is 1. The standard InChI is InChI=1S/C15H18O5/c1-11(16)8-15(18)20-12(2)9-14(17)19-10-13-6-4-3-5-7-13/h3-7,12H,8-10H2,1-2H3/t12-/m1/s1. The third-order valence-corrected chi connectivity index (χ3v) is 2.42. The maximum atomic E-state index is 11.6. The van der Waals surface area contributed by atoms with Gasteiger partial charge < -0.3 is 9.47 Å². The summed E-state index contributed by atoms with van der Waals surface area (Å²) in [6.07, 6.45) is -0.912. The first-order chi connectivity index (χ1) is 9.47. The average molecular weight is 278 g/mol. The predicted octanol–water partition coefficient (Wildman–Crippen LogP) is 2.03. The maximum absolute atomic E-state index is 11.6. The van der Waals surface area contributed by atoms with Gasteiger partial charge in [0.05, 0.1) is 6.42 Å². The number of ether oxygens (including phenoxy) is 2. The summed E-state index contributed by atoms with van der Waals surface area (Å²) in [5, 5.41) is 0. The summed E-state index contributed by atoms with van der Waals surface area (Å²) in [5.41, 5.74) is 0.891. The number of hydrogen-bond donors (Lipinski definition) is 0. The van der Waals surface area contributed by atoms with Crippen LogP contribution in [-0.4, -0.2) is 23.8 Å². The van der Waals surface area contributed by atoms with E-state index >= 15 is 0 Å². The van der Waals surface area contributed by atoms with E-state index in [9.17, 15) is 14.4 Å². The lowest BCUT2D eigenvalue weighted by Gasteiger charge is -2.12. The minimum Gasteiger partial charge on any atom is -0.462 e. The van der Waals surface area contributed by atoms with Crippen molar-refractivity contribution in [2.75, 3.05) is 0 Å². The van der Waals surface area contributed by atoms with E-state index in [1.807, 2.05) is 30.3 Å². The first-order valence-corrected chi connectivity index (χ1v) is 6.36. The van der Waals surface area contributed by atoms with Crippen molar-refractivity contribution in [3.05, 3.63) is 35.9 Å². The molecule has 0 fully saturated rings. The molecule has 0 N–H and O–H groups in total. The van der Waals surface area contributed by atoms with Gasteiger partial charge in [-0.15, -0.1) is 0 Å². The zero-order valence-electron chi connectivity index (χ0n) is 11.6. The van der Waals surface area contributed by atoms with E-state index < -0.39 is 18.0 Å². The minimum atomic E-state index is -0.624. The zero-order valence-corrected chi connectivity index (χ0v) is 11.6. The fourth-order valence-electron chi connectivity index (χ4n) is 1.54. The number of carbonyl (C=O) groups excluding carboxylic acids is 3. The quantitative estimate of drug-likeness (QED) is 0.564. The SMILES string of the molecule is CC(=O)CC(=O)O[C@H](C)CC(=O)OCc1ccccc1. The Morgan fingerprint density at radius 2 is 1.75 bits per heavy atom. The van der Waals surface area contributed by atoms with Crippen LogP contribution in [0, 0.1) is 0 Å². The van der Waals surface area contributed by atoms with Gasteiger partial charge in [-0.2, -0.15) is 0 Å². The zero-order chi connectivity index (χ0) is 15.0. The lowest BCUT2D eigenvalue weighted by atomic mass is 10.2. The van der Waals surface area contributed by atoms with Gasteiger partial charge in [0, 0.05) is 0 Å². The Morgan fingerprint density at radius 1 is 1.10 bits per heavy atom. The van der Waals surface area contributed by atoms with E-state index in [1.54, 1.807) is 6.92 Å². The van der Waals surface area contributed by atoms with Crippen molar-refractivity contribution in [2.24, 2.45) is 0 Å². The van der Waals surface area contributed by atoms with Crippen LogP contribution in [0.1, 0.15) is 32.3 Å². The molecule has 0 aliphatic heterocycles. The number of rotatable bonds is 7. The number of hydrogen-bond acceptors (Lipinski definition) is 5. The Balaban J connectivity index is 2.28. The Kier molecular flexibility index (Phi) is 6.43. The Labute approximate surface area is 117 Å². The number of esters is 2. The van der Waals surface area contributed by atoms with Crippen LogP contribution in [0.15, 0.2) is 30.3 Å². The summed E-state index contributed by atoms with van der Waals surface area (Å²) < 4.78 is 9.99. The van der Waals surface area contributed by atoms with Gasteiger partial charge in [-0.05, 0) is 19.4 Å². The van der Waals surface area contributed by atoms with Gasteiger partial charge in [-0.25, -0.2) is 0 Å². The van der Waals surface area contributed by atoms with E-state index in [-0.39, 0.29) is 25.2 Å². The summed E-state index contributed by atoms with van der Waals surface area (Å²) in [5.74, 6) is -1.34. The van der Waals surface area contributed by atoms with E-state index in [0.29, 0.717) is 0 Å². The molecule has 0 saturated carbocycles. The lowest BCUT2D eigenvalue weighted by Crippen LogP contribution is -2.21. The number of Topliss-reactive ketones (excluding diaryl/α,β-unsaturated/α-hetero) is 1. The van der Waals surface area contributed by atoms with Crippen molar-refractivity contribution < 1.29 is 23.9 Å². The molecule has 0 radical (unpaired) electrons. The molecule has 0 bridgehead atoms. The summed E-state index contributed by atoms with van der Waals surface area (Å²) in [6, 6.07) is 9.29. The summed E-state index contributed by atoms with van der Waals surface area (Å²) in [4.78, 5) is 33.5. The Morgan fingerprint density at radius 3 is 2.35 bits per heavy atom. The van der Waals surface area contributed by atoms with Crippen LogP contribution in [0.2, 0.25) is 0 Å². The molecule has 0 spiro atoms. The molecule has 1 atom stereocenters. The van der Waals surface area contributed by atoms with Gasteiger partial charge in [0.2, 0.25) is 0 Å². The van der Waals surface area contributed by atoms with Crippen LogP contribution in [-0.2, 0) is 30.5 Å². The monoisotopic (exact) mass is 278 g/mol. The second kappa shape index (κ2) is 8.09. The largest absolute Gasteiger partial charge is 0.462 e. The van der Waals surface area contributed by atoms with Crippen molar-refractivity contribution >= 4 is 17.7 Å². The second-order valence-electron chi connectivity index (χ2n) is 4.53. The van der Waals surface area contributed by atoms with Gasteiger partial charge in [-0.3, -0.25) is 14.4 Å². The molecule has 5 heteroatoms. The van der Waals surface area contributed by atoms with Gasteiger partial charge in [-0.1, -0.05) is 30.3 Å². The van der Waals surface area contributed by atoms with Crippen molar-refractivity contribution in [3.8, 4) is 0 Å². The molecule has 0 aliphatic rings. The van der Waals surface area contributed by atoms with E-state index in [4.69, 9.17) is 9.47 Å². The Bertz CT molecular complexity index is 466. The molecule has 0 saturated heterocycles. The fourth-order valence-corrected chi connectivity index (χ4v) is 1.54. The normalized spacial score (nSPS) is 11.5. The second-order valence-corrected chi connectivity index (χ2v) is 4.53. The summed E-state index contributed by atoms with van der Waals surface area (Å²) in [7, 11) is 0. The molecule has 0 aliphatic carbocycles. The Hall–Kier alpha value is -2.17. The van der Waals surface area contributed by atoms with Gasteiger partial charge in [0.25, 0.3) is 0 Å². The molecule has 1 rings (SSSR count). The molecule has 0 unspecified atom stereocenters. The third kappa shape index (κ3) is 6.68. The van der Waals surface area contributed by atoms with Crippen molar-refractivity contribution in [1.82, 2.24) is 0 Å². The van der Waals surface area contributed by atoms with Crippen LogP contribution < -0.4 is 0 Å². The third-order valence-electron chi connectivity index (χ3n) is 2.42. The first-order valence-electron chi connectivity index (χ1n) is 6.36. The van der Waals surface area contributed by atoms with E-state index in [2.05, 4.69) is 0 Å². The van der Waals surface area contributed by atoms with Gasteiger partial charge in [0.15, 0.2) is 0 Å². The minimum absolute atomic E-state index is 0.0313. The van der Waals surface area contributed by atoms with E-state index in [0.717, 1.165) is 5.56 Å². The first kappa shape index (κ1) is 15.9. The van der Waals surface area contributed by atoms with Crippen molar-refractivity contribution in [2.45, 2.75) is 39.4 Å². The van der Waals surface area contributed by atoms with Crippen LogP contribution in [0.3, 0.4) is 0 Å². The highest BCUT2D eigenvalue weighted by atomic mass is 16.6. The summed E-state index contributed by atoms with van der Waals surface area (Å²) in [6.45, 7) is 3.08. The topological polar surface area (TPSA) is 69.7 Å². The summed E-state index contributed by atoms with van der Waals surface area (Å²) >= 11 is 0. The molecule has 0 amide bonds.